The van der Waals surface area contributed by atoms with Gasteiger partial charge in [-0.1, -0.05) is 78.9 Å². The summed E-state index contributed by atoms with van der Waals surface area (Å²) in [6.07, 6.45) is 1.88. The fourth-order valence-electron chi connectivity index (χ4n) is 4.53. The molecule has 1 heterocycles. The summed E-state index contributed by atoms with van der Waals surface area (Å²) < 4.78 is 6.14. The normalized spacial score (nSPS) is 17.5. The van der Waals surface area contributed by atoms with Crippen molar-refractivity contribution in [1.29, 1.82) is 0 Å². The highest BCUT2D eigenvalue weighted by Gasteiger charge is 2.49. The predicted octanol–water partition coefficient (Wildman–Crippen LogP) is 5.90. The van der Waals surface area contributed by atoms with Crippen LogP contribution in [0.3, 0.4) is 0 Å². The third-order valence-electron chi connectivity index (χ3n) is 6.49. The molecule has 36 heavy (non-hydrogen) atoms. The number of hydrogen-bond donors (Lipinski definition) is 1. The second-order valence-electron chi connectivity index (χ2n) is 9.12. The second kappa shape index (κ2) is 10.9. The lowest BCUT2D eigenvalue weighted by atomic mass is 9.98. The summed E-state index contributed by atoms with van der Waals surface area (Å²) in [5.41, 5.74) is 3.39. The van der Waals surface area contributed by atoms with Crippen molar-refractivity contribution in [3.63, 3.8) is 0 Å². The average Bonchev–Trinajstić information content (AvgIpc) is 3.70. The Bertz CT molecular complexity index is 1320. The Morgan fingerprint density at radius 1 is 0.944 bits per heavy atom. The molecule has 4 aromatic carbocycles. The second-order valence-corrected chi connectivity index (χ2v) is 9.12. The van der Waals surface area contributed by atoms with Gasteiger partial charge in [-0.05, 0) is 64.9 Å². The molecule has 1 amide bonds. The smallest absolute Gasteiger partial charge is 0.294 e. The van der Waals surface area contributed by atoms with Crippen LogP contribution >= 0.6 is 0 Å². The molecule has 1 aliphatic rings. The summed E-state index contributed by atoms with van der Waals surface area (Å²) in [7, 11) is 1.31. The molecule has 184 valence electrons. The van der Waals surface area contributed by atoms with E-state index >= 15 is 0 Å². The molecule has 1 saturated heterocycles. The summed E-state index contributed by atoms with van der Waals surface area (Å²) in [6.45, 7) is 0.462. The van der Waals surface area contributed by atoms with Crippen molar-refractivity contribution >= 4 is 16.7 Å². The summed E-state index contributed by atoms with van der Waals surface area (Å²) in [4.78, 5) is 17.9. The molecule has 1 N–H and O–H groups in total. The lowest BCUT2D eigenvalue weighted by Crippen LogP contribution is -2.30. The van der Waals surface area contributed by atoms with Gasteiger partial charge in [0.25, 0.3) is 5.91 Å². The number of nitrogens with zero attached hydrogens (tertiary/aromatic N) is 2. The minimum absolute atomic E-state index is 0.133. The van der Waals surface area contributed by atoms with Crippen molar-refractivity contribution in [3.05, 3.63) is 114 Å². The van der Waals surface area contributed by atoms with Crippen LogP contribution in [0.2, 0.25) is 0 Å². The molecule has 0 spiro atoms. The Morgan fingerprint density at radius 3 is 2.53 bits per heavy atom. The van der Waals surface area contributed by atoms with E-state index in [1.165, 1.54) is 23.4 Å². The first kappa shape index (κ1) is 24.0. The van der Waals surface area contributed by atoms with Crippen LogP contribution in [0.4, 0.5) is 0 Å². The van der Waals surface area contributed by atoms with Crippen LogP contribution in [0, 0.1) is 0 Å². The van der Waals surface area contributed by atoms with Gasteiger partial charge >= 0.3 is 0 Å². The van der Waals surface area contributed by atoms with Crippen molar-refractivity contribution in [2.24, 2.45) is 0 Å². The molecule has 1 aliphatic heterocycles. The molecule has 0 saturated carbocycles. The van der Waals surface area contributed by atoms with Crippen LogP contribution < -0.4 is 4.74 Å². The summed E-state index contributed by atoms with van der Waals surface area (Å²) in [5, 5.41) is 14.2. The standard InChI is InChI=1S/C30H30N2O4/c1-31(34)29(33)30-32(36-30)28(16-7-11-22-9-3-2-4-10-22)26-14-8-15-27(20-26)35-21-23-17-18-24-12-5-6-13-25(24)19-23/h2-6,8-10,12-15,17-20,28,30,34H,7,11,16,21H2,1H3. The monoisotopic (exact) mass is 482 g/mol. The van der Waals surface area contributed by atoms with E-state index < -0.39 is 12.1 Å². The molecule has 0 aliphatic carbocycles. The number of carbonyl (C=O) groups excluding carboxylic acids is 1. The van der Waals surface area contributed by atoms with E-state index in [0.29, 0.717) is 11.7 Å². The van der Waals surface area contributed by atoms with E-state index in [1.54, 1.807) is 5.06 Å². The zero-order valence-electron chi connectivity index (χ0n) is 20.3. The lowest BCUT2D eigenvalue weighted by Gasteiger charge is -2.18. The van der Waals surface area contributed by atoms with Gasteiger partial charge in [0, 0.05) is 7.05 Å². The molecular weight excluding hydrogens is 452 g/mol. The van der Waals surface area contributed by atoms with Gasteiger partial charge in [-0.15, -0.1) is 5.06 Å². The molecule has 1 fully saturated rings. The van der Waals surface area contributed by atoms with Gasteiger partial charge in [-0.2, -0.15) is 0 Å². The zero-order valence-corrected chi connectivity index (χ0v) is 20.3. The Hall–Kier alpha value is -3.71. The molecule has 5 rings (SSSR count). The number of amides is 1. The first-order valence-corrected chi connectivity index (χ1v) is 12.2. The maximum atomic E-state index is 12.3. The number of hydrogen-bond acceptors (Lipinski definition) is 5. The van der Waals surface area contributed by atoms with E-state index in [4.69, 9.17) is 9.57 Å². The highest BCUT2D eigenvalue weighted by atomic mass is 16.8. The first-order chi connectivity index (χ1) is 17.6. The number of ether oxygens (including phenoxy) is 1. The number of benzene rings is 4. The molecule has 0 bridgehead atoms. The van der Waals surface area contributed by atoms with E-state index in [0.717, 1.165) is 36.1 Å². The quantitative estimate of drug-likeness (QED) is 0.173. The molecule has 3 unspecified atom stereocenters. The van der Waals surface area contributed by atoms with Gasteiger partial charge in [0.15, 0.2) is 0 Å². The van der Waals surface area contributed by atoms with Crippen LogP contribution in [0.5, 0.6) is 5.75 Å². The average molecular weight is 483 g/mol. The van der Waals surface area contributed by atoms with Crippen molar-refractivity contribution in [2.75, 3.05) is 7.05 Å². The van der Waals surface area contributed by atoms with Crippen LogP contribution in [-0.4, -0.2) is 34.5 Å². The van der Waals surface area contributed by atoms with Crippen molar-refractivity contribution in [3.8, 4) is 5.75 Å². The Labute approximate surface area is 211 Å². The van der Waals surface area contributed by atoms with Gasteiger partial charge in [-0.3, -0.25) is 14.8 Å². The number of hydroxylamine groups is 4. The zero-order chi connectivity index (χ0) is 24.9. The summed E-state index contributed by atoms with van der Waals surface area (Å²) in [5.74, 6) is 0.282. The number of aryl methyl sites for hydroxylation is 1. The lowest BCUT2D eigenvalue weighted by molar-refractivity contribution is -0.160. The van der Waals surface area contributed by atoms with Crippen LogP contribution in [-0.2, 0) is 22.7 Å². The predicted molar refractivity (Wildman–Crippen MR) is 138 cm³/mol. The SMILES string of the molecule is CN(O)C(=O)C1ON1C(CCCc1ccccc1)c1cccc(OCc2ccc3ccccc3c2)c1. The largest absolute Gasteiger partial charge is 0.489 e. The van der Waals surface area contributed by atoms with Crippen LogP contribution in [0.25, 0.3) is 10.8 Å². The molecule has 0 aromatic heterocycles. The first-order valence-electron chi connectivity index (χ1n) is 12.2. The third-order valence-corrected chi connectivity index (χ3v) is 6.49. The third kappa shape index (κ3) is 5.74. The fraction of sp³-hybridized carbons (Fsp3) is 0.233. The van der Waals surface area contributed by atoms with Gasteiger partial charge in [-0.25, -0.2) is 5.06 Å². The van der Waals surface area contributed by atoms with Crippen LogP contribution in [0.15, 0.2) is 97.1 Å². The summed E-state index contributed by atoms with van der Waals surface area (Å²) >= 11 is 0. The molecular formula is C30H30N2O4. The molecule has 6 heteroatoms. The van der Waals surface area contributed by atoms with E-state index in [2.05, 4.69) is 42.5 Å². The Kier molecular flexibility index (Phi) is 7.28. The van der Waals surface area contributed by atoms with E-state index in [-0.39, 0.29) is 6.04 Å². The molecule has 6 nitrogen and oxygen atoms in total. The topological polar surface area (TPSA) is 65.3 Å². The van der Waals surface area contributed by atoms with Gasteiger partial charge in [0.2, 0.25) is 6.23 Å². The molecule has 0 radical (unpaired) electrons. The Morgan fingerprint density at radius 2 is 1.72 bits per heavy atom. The number of fused-ring (bicyclic) bond motifs is 1. The van der Waals surface area contributed by atoms with Crippen molar-refractivity contribution in [2.45, 2.75) is 38.1 Å². The van der Waals surface area contributed by atoms with E-state index in [1.807, 2.05) is 54.6 Å². The molecule has 4 aromatic rings. The minimum atomic E-state index is -0.774. The van der Waals surface area contributed by atoms with Crippen molar-refractivity contribution in [1.82, 2.24) is 10.1 Å². The number of carbonyl (C=O) groups is 1. The maximum Gasteiger partial charge on any atom is 0.294 e. The molecule has 3 atom stereocenters. The van der Waals surface area contributed by atoms with Gasteiger partial charge < -0.3 is 4.74 Å². The van der Waals surface area contributed by atoms with Gasteiger partial charge in [0.1, 0.15) is 12.4 Å². The fourth-order valence-corrected chi connectivity index (χ4v) is 4.53. The summed E-state index contributed by atoms with van der Waals surface area (Å²) in [6, 6.07) is 32.8. The minimum Gasteiger partial charge on any atom is -0.489 e. The highest BCUT2D eigenvalue weighted by molar-refractivity contribution is 5.83. The van der Waals surface area contributed by atoms with Gasteiger partial charge in [0.05, 0.1) is 6.04 Å². The maximum absolute atomic E-state index is 12.3. The van der Waals surface area contributed by atoms with Crippen molar-refractivity contribution < 1.29 is 19.6 Å². The number of rotatable bonds is 10. The highest BCUT2D eigenvalue weighted by Crippen LogP contribution is 2.39. The Balaban J connectivity index is 1.29. The number of likely N-dealkylation sites (N-methyl/N-ethyl adjacent to an activating group) is 1. The van der Waals surface area contributed by atoms with Crippen LogP contribution in [0.1, 0.15) is 35.6 Å². The van der Waals surface area contributed by atoms with E-state index in [9.17, 15) is 10.0 Å².